The summed E-state index contributed by atoms with van der Waals surface area (Å²) in [5.41, 5.74) is 1.52. The van der Waals surface area contributed by atoms with Crippen LogP contribution in [0.25, 0.3) is 11.5 Å². The Morgan fingerprint density at radius 3 is 3.00 bits per heavy atom. The second-order valence-electron chi connectivity index (χ2n) is 3.11. The van der Waals surface area contributed by atoms with Crippen molar-refractivity contribution in [1.29, 1.82) is 0 Å². The van der Waals surface area contributed by atoms with E-state index in [2.05, 4.69) is 4.98 Å². The van der Waals surface area contributed by atoms with Crippen molar-refractivity contribution in [3.63, 3.8) is 0 Å². The first-order valence-electron chi connectivity index (χ1n) is 4.46. The molecular formula is C11H9NO3. The number of hydrogen-bond acceptors (Lipinski definition) is 3. The Hall–Kier alpha value is -2.10. The van der Waals surface area contributed by atoms with Crippen molar-refractivity contribution in [3.05, 3.63) is 42.3 Å². The summed E-state index contributed by atoms with van der Waals surface area (Å²) < 4.78 is 5.12. The minimum absolute atomic E-state index is 0.00848. The highest BCUT2D eigenvalue weighted by Gasteiger charge is 2.05. The maximum absolute atomic E-state index is 10.5. The van der Waals surface area contributed by atoms with Crippen LogP contribution in [0.4, 0.5) is 0 Å². The number of carboxylic acid groups (broad SMARTS) is 1. The molecule has 0 unspecified atom stereocenters. The van der Waals surface area contributed by atoms with Crippen molar-refractivity contribution < 1.29 is 14.3 Å². The lowest BCUT2D eigenvalue weighted by Crippen LogP contribution is -1.99. The average Bonchev–Trinajstić information content (AvgIpc) is 2.69. The fourth-order valence-corrected chi connectivity index (χ4v) is 1.35. The first kappa shape index (κ1) is 9.45. The molecule has 0 aliphatic heterocycles. The van der Waals surface area contributed by atoms with E-state index in [1.54, 1.807) is 24.4 Å². The van der Waals surface area contributed by atoms with Gasteiger partial charge in [-0.25, -0.2) is 4.98 Å². The third-order valence-corrected chi connectivity index (χ3v) is 1.96. The summed E-state index contributed by atoms with van der Waals surface area (Å²) in [5, 5.41) is 8.65. The number of nitrogens with zero attached hydrogens (tertiary/aromatic N) is 1. The van der Waals surface area contributed by atoms with E-state index in [0.717, 1.165) is 11.1 Å². The summed E-state index contributed by atoms with van der Waals surface area (Å²) in [5.74, 6) is -0.346. The van der Waals surface area contributed by atoms with Crippen molar-refractivity contribution in [2.75, 3.05) is 0 Å². The van der Waals surface area contributed by atoms with E-state index in [1.165, 1.54) is 6.26 Å². The fraction of sp³-hybridized carbons (Fsp3) is 0.0909. The molecule has 4 nitrogen and oxygen atoms in total. The van der Waals surface area contributed by atoms with E-state index in [-0.39, 0.29) is 6.42 Å². The molecule has 76 valence electrons. The number of aliphatic carboxylic acids is 1. The summed E-state index contributed by atoms with van der Waals surface area (Å²) in [6.45, 7) is 0. The van der Waals surface area contributed by atoms with Gasteiger partial charge in [0.25, 0.3) is 0 Å². The molecule has 0 radical (unpaired) electrons. The monoisotopic (exact) mass is 203 g/mol. The summed E-state index contributed by atoms with van der Waals surface area (Å²) in [6, 6.07) is 7.15. The van der Waals surface area contributed by atoms with Gasteiger partial charge in [0.1, 0.15) is 6.26 Å². The normalized spacial score (nSPS) is 10.1. The molecule has 1 N–H and O–H groups in total. The molecule has 4 heteroatoms. The molecule has 1 aromatic heterocycles. The Morgan fingerprint density at radius 2 is 2.33 bits per heavy atom. The van der Waals surface area contributed by atoms with E-state index < -0.39 is 5.97 Å². The van der Waals surface area contributed by atoms with Crippen LogP contribution in [-0.4, -0.2) is 16.1 Å². The predicted molar refractivity (Wildman–Crippen MR) is 53.3 cm³/mol. The largest absolute Gasteiger partial charge is 0.481 e. The highest BCUT2D eigenvalue weighted by molar-refractivity contribution is 5.71. The standard InChI is InChI=1S/C11H9NO3/c13-10(14)7-8-2-1-3-9(6-8)11-12-4-5-15-11/h1-6H,7H2,(H,13,14). The Labute approximate surface area is 86.2 Å². The lowest BCUT2D eigenvalue weighted by atomic mass is 10.1. The molecule has 0 fully saturated rings. The Balaban J connectivity index is 2.31. The number of oxazole rings is 1. The molecule has 0 saturated carbocycles. The van der Waals surface area contributed by atoms with Crippen LogP contribution in [0.2, 0.25) is 0 Å². The van der Waals surface area contributed by atoms with Gasteiger partial charge in [-0.3, -0.25) is 4.79 Å². The van der Waals surface area contributed by atoms with Crippen molar-refractivity contribution in [3.8, 4) is 11.5 Å². The predicted octanol–water partition coefficient (Wildman–Crippen LogP) is 1.97. The van der Waals surface area contributed by atoms with Gasteiger partial charge in [-0.2, -0.15) is 0 Å². The van der Waals surface area contributed by atoms with Crippen LogP contribution in [0.1, 0.15) is 5.56 Å². The van der Waals surface area contributed by atoms with Crippen molar-refractivity contribution in [1.82, 2.24) is 4.98 Å². The highest BCUT2D eigenvalue weighted by atomic mass is 16.4. The molecule has 2 aromatic rings. The number of rotatable bonds is 3. The van der Waals surface area contributed by atoms with Crippen LogP contribution >= 0.6 is 0 Å². The molecule has 15 heavy (non-hydrogen) atoms. The van der Waals surface area contributed by atoms with Crippen LogP contribution in [0.3, 0.4) is 0 Å². The van der Waals surface area contributed by atoms with E-state index in [1.807, 2.05) is 6.07 Å². The first-order valence-corrected chi connectivity index (χ1v) is 4.46. The molecule has 0 amide bonds. The second kappa shape index (κ2) is 3.96. The lowest BCUT2D eigenvalue weighted by molar-refractivity contribution is -0.136. The maximum atomic E-state index is 10.5. The molecule has 0 saturated heterocycles. The van der Waals surface area contributed by atoms with Gasteiger partial charge in [-0.1, -0.05) is 12.1 Å². The van der Waals surface area contributed by atoms with Gasteiger partial charge >= 0.3 is 5.97 Å². The second-order valence-corrected chi connectivity index (χ2v) is 3.11. The van der Waals surface area contributed by atoms with E-state index in [4.69, 9.17) is 9.52 Å². The van der Waals surface area contributed by atoms with Gasteiger partial charge in [0.05, 0.1) is 12.6 Å². The van der Waals surface area contributed by atoms with Crippen molar-refractivity contribution in [2.45, 2.75) is 6.42 Å². The first-order chi connectivity index (χ1) is 7.25. The molecule has 0 aliphatic carbocycles. The number of hydrogen-bond donors (Lipinski definition) is 1. The number of aromatic nitrogens is 1. The topological polar surface area (TPSA) is 63.3 Å². The Kier molecular flexibility index (Phi) is 2.49. The Bertz CT molecular complexity index is 462. The maximum Gasteiger partial charge on any atom is 0.307 e. The zero-order chi connectivity index (χ0) is 10.7. The zero-order valence-electron chi connectivity index (χ0n) is 7.88. The van der Waals surface area contributed by atoms with E-state index in [9.17, 15) is 4.79 Å². The van der Waals surface area contributed by atoms with Gasteiger partial charge in [0.2, 0.25) is 5.89 Å². The van der Waals surface area contributed by atoms with Crippen LogP contribution in [0.5, 0.6) is 0 Å². The van der Waals surface area contributed by atoms with Gasteiger partial charge < -0.3 is 9.52 Å². The summed E-state index contributed by atoms with van der Waals surface area (Å²) in [7, 11) is 0. The summed E-state index contributed by atoms with van der Waals surface area (Å²) in [6.07, 6.45) is 3.05. The van der Waals surface area contributed by atoms with Crippen molar-refractivity contribution >= 4 is 5.97 Å². The highest BCUT2D eigenvalue weighted by Crippen LogP contribution is 2.18. The van der Waals surface area contributed by atoms with Crippen LogP contribution in [0, 0.1) is 0 Å². The number of carboxylic acids is 1. The van der Waals surface area contributed by atoms with Gasteiger partial charge in [0, 0.05) is 5.56 Å². The van der Waals surface area contributed by atoms with Gasteiger partial charge in [-0.15, -0.1) is 0 Å². The third-order valence-electron chi connectivity index (χ3n) is 1.96. The molecule has 0 aliphatic rings. The SMILES string of the molecule is O=C(O)Cc1cccc(-c2ncco2)c1. The number of benzene rings is 1. The summed E-state index contributed by atoms with van der Waals surface area (Å²) in [4.78, 5) is 14.5. The van der Waals surface area contributed by atoms with Crippen molar-refractivity contribution in [2.24, 2.45) is 0 Å². The molecule has 0 atom stereocenters. The molecule has 1 heterocycles. The van der Waals surface area contributed by atoms with Gasteiger partial charge in [-0.05, 0) is 17.7 Å². The minimum atomic E-state index is -0.848. The molecule has 1 aromatic carbocycles. The Morgan fingerprint density at radius 1 is 1.47 bits per heavy atom. The third kappa shape index (κ3) is 2.22. The van der Waals surface area contributed by atoms with Crippen LogP contribution in [0.15, 0.2) is 41.1 Å². The molecule has 2 rings (SSSR count). The van der Waals surface area contributed by atoms with Crippen LogP contribution < -0.4 is 0 Å². The smallest absolute Gasteiger partial charge is 0.307 e. The van der Waals surface area contributed by atoms with Crippen LogP contribution in [-0.2, 0) is 11.2 Å². The fourth-order valence-electron chi connectivity index (χ4n) is 1.35. The van der Waals surface area contributed by atoms with E-state index in [0.29, 0.717) is 5.89 Å². The quantitative estimate of drug-likeness (QED) is 0.828. The average molecular weight is 203 g/mol. The molecule has 0 bridgehead atoms. The lowest BCUT2D eigenvalue weighted by Gasteiger charge is -1.99. The number of carbonyl (C=O) groups is 1. The van der Waals surface area contributed by atoms with Gasteiger partial charge in [0.15, 0.2) is 0 Å². The molecule has 0 spiro atoms. The molecular weight excluding hydrogens is 194 g/mol. The summed E-state index contributed by atoms with van der Waals surface area (Å²) >= 11 is 0. The van der Waals surface area contributed by atoms with E-state index >= 15 is 0 Å². The zero-order valence-corrected chi connectivity index (χ0v) is 7.88. The minimum Gasteiger partial charge on any atom is -0.481 e.